The van der Waals surface area contributed by atoms with Crippen molar-refractivity contribution in [1.29, 1.82) is 0 Å². The summed E-state index contributed by atoms with van der Waals surface area (Å²) < 4.78 is 6.33. The Labute approximate surface area is 270 Å². The molecule has 2 amide bonds. The fraction of sp³-hybridized carbons (Fsp3) is 0.200. The minimum Gasteiger partial charge on any atom is -0.455 e. The molecule has 0 heterocycles. The smallest absolute Gasteiger partial charge is 0.227 e. The number of hydrogen-bond donors (Lipinski definition) is 2. The van der Waals surface area contributed by atoms with E-state index < -0.39 is 0 Å². The zero-order valence-corrected chi connectivity index (χ0v) is 26.1. The predicted octanol–water partition coefficient (Wildman–Crippen LogP) is 8.03. The summed E-state index contributed by atoms with van der Waals surface area (Å²) in [6.45, 7) is 2.80. The number of hydrogen-bond acceptors (Lipinski definition) is 4. The van der Waals surface area contributed by atoms with Crippen LogP contribution in [0.15, 0.2) is 121 Å². The van der Waals surface area contributed by atoms with Gasteiger partial charge in [0.05, 0.1) is 18.3 Å². The molecule has 1 unspecified atom stereocenters. The van der Waals surface area contributed by atoms with Crippen LogP contribution in [0.4, 0.5) is 5.69 Å². The fourth-order valence-electron chi connectivity index (χ4n) is 6.00. The number of fused-ring (bicyclic) bond motifs is 1. The van der Waals surface area contributed by atoms with Gasteiger partial charge in [0.15, 0.2) is 5.75 Å². The monoisotopic (exact) mass is 609 g/mol. The number of aryl methyl sites for hydroxylation is 2. The van der Waals surface area contributed by atoms with Crippen molar-refractivity contribution < 1.29 is 14.3 Å². The lowest BCUT2D eigenvalue weighted by Crippen LogP contribution is -2.33. The van der Waals surface area contributed by atoms with Crippen molar-refractivity contribution in [2.45, 2.75) is 51.7 Å². The first-order valence-electron chi connectivity index (χ1n) is 15.9. The number of rotatable bonds is 11. The van der Waals surface area contributed by atoms with Gasteiger partial charge in [0.1, 0.15) is 5.75 Å². The quantitative estimate of drug-likeness (QED) is 0.159. The highest BCUT2D eigenvalue weighted by molar-refractivity contribution is 5.96. The third-order valence-corrected chi connectivity index (χ3v) is 8.53. The number of nitrogens with zero attached hydrogens (tertiary/aromatic N) is 1. The van der Waals surface area contributed by atoms with E-state index in [-0.39, 0.29) is 30.7 Å². The number of nitrogens with one attached hydrogen (secondary N) is 1. The second kappa shape index (κ2) is 14.3. The Morgan fingerprint density at radius 3 is 2.30 bits per heavy atom. The third-order valence-electron chi connectivity index (χ3n) is 8.53. The van der Waals surface area contributed by atoms with Crippen molar-refractivity contribution >= 4 is 17.5 Å². The van der Waals surface area contributed by atoms with Crippen LogP contribution in [0.2, 0.25) is 0 Å². The van der Waals surface area contributed by atoms with E-state index in [0.29, 0.717) is 30.3 Å². The summed E-state index contributed by atoms with van der Waals surface area (Å²) in [5, 5.41) is 3.15. The summed E-state index contributed by atoms with van der Waals surface area (Å²) in [6.07, 6.45) is 1.99. The summed E-state index contributed by atoms with van der Waals surface area (Å²) in [6, 6.07) is 40.0. The molecule has 46 heavy (non-hydrogen) atoms. The van der Waals surface area contributed by atoms with Gasteiger partial charge in [-0.2, -0.15) is 0 Å². The maximum absolute atomic E-state index is 14.0. The van der Waals surface area contributed by atoms with Gasteiger partial charge in [0.2, 0.25) is 11.8 Å². The van der Waals surface area contributed by atoms with Gasteiger partial charge in [0, 0.05) is 19.4 Å². The normalized spacial score (nSPS) is 13.6. The Balaban J connectivity index is 1.22. The summed E-state index contributed by atoms with van der Waals surface area (Å²) in [5.41, 5.74) is 14.3. The number of benzene rings is 5. The number of carbonyl (C=O) groups is 2. The van der Waals surface area contributed by atoms with Crippen molar-refractivity contribution in [3.05, 3.63) is 149 Å². The standard InChI is InChI=1S/C40H39N3O3/c1-28-13-17-31(18-14-28)32-19-15-29(16-20-32)27-43(37-11-4-5-12-38(37)46-34-9-6-7-30(25-34)26-41)40(45)24-23-39(44)42-36-22-21-33-8-2-3-10-35(33)36/h2-20,25,36H,21-24,26-27,41H2,1H3,(H,42,44). The fourth-order valence-corrected chi connectivity index (χ4v) is 6.00. The average Bonchev–Trinajstić information content (AvgIpc) is 3.49. The predicted molar refractivity (Wildman–Crippen MR) is 184 cm³/mol. The lowest BCUT2D eigenvalue weighted by atomic mass is 10.0. The number of carbonyl (C=O) groups excluding carboxylic acids is 2. The van der Waals surface area contributed by atoms with Gasteiger partial charge < -0.3 is 20.7 Å². The molecule has 0 fully saturated rings. The van der Waals surface area contributed by atoms with Gasteiger partial charge in [-0.15, -0.1) is 0 Å². The largest absolute Gasteiger partial charge is 0.455 e. The number of nitrogens with two attached hydrogens (primary N) is 1. The molecule has 1 aliphatic carbocycles. The molecule has 3 N–H and O–H groups in total. The lowest BCUT2D eigenvalue weighted by molar-refractivity contribution is -0.125. The third kappa shape index (κ3) is 7.36. The SMILES string of the molecule is Cc1ccc(-c2ccc(CN(C(=O)CCC(=O)NC3CCc4ccccc43)c3ccccc3Oc3cccc(CN)c3)cc2)cc1. The van der Waals surface area contributed by atoms with Crippen LogP contribution < -0.4 is 20.7 Å². The molecule has 5 aromatic rings. The van der Waals surface area contributed by atoms with Gasteiger partial charge in [-0.3, -0.25) is 9.59 Å². The summed E-state index contributed by atoms with van der Waals surface area (Å²) in [5.74, 6) is 0.909. The Kier molecular flexibility index (Phi) is 9.56. The van der Waals surface area contributed by atoms with Gasteiger partial charge in [-0.05, 0) is 77.4 Å². The van der Waals surface area contributed by atoms with Crippen LogP contribution in [0.25, 0.3) is 11.1 Å². The van der Waals surface area contributed by atoms with Crippen molar-refractivity contribution in [1.82, 2.24) is 5.32 Å². The molecule has 5 aromatic carbocycles. The molecule has 0 aromatic heterocycles. The maximum atomic E-state index is 14.0. The van der Waals surface area contributed by atoms with E-state index in [0.717, 1.165) is 35.1 Å². The van der Waals surface area contributed by atoms with Crippen LogP contribution in [0.5, 0.6) is 11.5 Å². The summed E-state index contributed by atoms with van der Waals surface area (Å²) >= 11 is 0. The molecule has 0 radical (unpaired) electrons. The molecule has 6 rings (SSSR count). The van der Waals surface area contributed by atoms with Crippen LogP contribution in [0, 0.1) is 6.92 Å². The summed E-state index contributed by atoms with van der Waals surface area (Å²) in [7, 11) is 0. The van der Waals surface area contributed by atoms with Crippen molar-refractivity contribution in [2.75, 3.05) is 4.90 Å². The van der Waals surface area contributed by atoms with Crippen LogP contribution in [-0.4, -0.2) is 11.8 Å². The van der Waals surface area contributed by atoms with E-state index in [1.807, 2.05) is 72.8 Å². The second-order valence-electron chi connectivity index (χ2n) is 11.8. The van der Waals surface area contributed by atoms with E-state index in [2.05, 4.69) is 60.8 Å². The Bertz CT molecular complexity index is 1820. The number of anilines is 1. The van der Waals surface area contributed by atoms with E-state index in [9.17, 15) is 9.59 Å². The van der Waals surface area contributed by atoms with Gasteiger partial charge >= 0.3 is 0 Å². The van der Waals surface area contributed by atoms with Crippen molar-refractivity contribution in [3.63, 3.8) is 0 Å². The average molecular weight is 610 g/mol. The highest BCUT2D eigenvalue weighted by Gasteiger charge is 2.25. The molecule has 6 nitrogen and oxygen atoms in total. The molecular weight excluding hydrogens is 570 g/mol. The van der Waals surface area contributed by atoms with E-state index in [1.165, 1.54) is 16.7 Å². The lowest BCUT2D eigenvalue weighted by Gasteiger charge is -2.26. The van der Waals surface area contributed by atoms with E-state index >= 15 is 0 Å². The summed E-state index contributed by atoms with van der Waals surface area (Å²) in [4.78, 5) is 28.8. The zero-order valence-electron chi connectivity index (χ0n) is 26.1. The Hall–Kier alpha value is -5.20. The van der Waals surface area contributed by atoms with E-state index in [1.54, 1.807) is 4.90 Å². The number of amides is 2. The molecule has 232 valence electrons. The molecule has 1 atom stereocenters. The first-order valence-corrected chi connectivity index (χ1v) is 15.9. The first kappa shape index (κ1) is 30.8. The number of ether oxygens (including phenoxy) is 1. The highest BCUT2D eigenvalue weighted by atomic mass is 16.5. The molecule has 0 saturated carbocycles. The minimum absolute atomic E-state index is 0.0136. The second-order valence-corrected chi connectivity index (χ2v) is 11.8. The van der Waals surface area contributed by atoms with Crippen molar-refractivity contribution in [2.24, 2.45) is 5.73 Å². The Morgan fingerprint density at radius 1 is 0.804 bits per heavy atom. The van der Waals surface area contributed by atoms with Gasteiger partial charge in [-0.1, -0.05) is 103 Å². The Morgan fingerprint density at radius 2 is 1.52 bits per heavy atom. The van der Waals surface area contributed by atoms with Gasteiger partial charge in [-0.25, -0.2) is 0 Å². The number of para-hydroxylation sites is 2. The molecule has 0 bridgehead atoms. The molecule has 0 aliphatic heterocycles. The van der Waals surface area contributed by atoms with E-state index in [4.69, 9.17) is 10.5 Å². The molecule has 1 aliphatic rings. The molecule has 0 spiro atoms. The van der Waals surface area contributed by atoms with Crippen LogP contribution in [0.1, 0.15) is 53.1 Å². The van der Waals surface area contributed by atoms with Crippen LogP contribution in [-0.2, 0) is 29.1 Å². The van der Waals surface area contributed by atoms with Crippen LogP contribution in [0.3, 0.4) is 0 Å². The maximum Gasteiger partial charge on any atom is 0.227 e. The molecule has 6 heteroatoms. The van der Waals surface area contributed by atoms with Crippen molar-refractivity contribution in [3.8, 4) is 22.6 Å². The first-order chi connectivity index (χ1) is 22.5. The van der Waals surface area contributed by atoms with Gasteiger partial charge in [0.25, 0.3) is 0 Å². The zero-order chi connectivity index (χ0) is 31.9. The van der Waals surface area contributed by atoms with Crippen LogP contribution >= 0.6 is 0 Å². The molecule has 0 saturated heterocycles. The minimum atomic E-state index is -0.156. The topological polar surface area (TPSA) is 84.7 Å². The molecular formula is C40H39N3O3. The highest BCUT2D eigenvalue weighted by Crippen LogP contribution is 2.35.